The number of aryl methyl sites for hydroxylation is 2. The van der Waals surface area contributed by atoms with Crippen molar-refractivity contribution in [3.8, 4) is 23.0 Å². The van der Waals surface area contributed by atoms with Crippen molar-refractivity contribution >= 4 is 22.6 Å². The molecule has 3 aromatic carbocycles. The van der Waals surface area contributed by atoms with Gasteiger partial charge < -0.3 is 23.9 Å². The molecule has 0 saturated heterocycles. The molecule has 0 spiro atoms. The zero-order chi connectivity index (χ0) is 39.6. The predicted molar refractivity (Wildman–Crippen MR) is 205 cm³/mol. The third-order valence-electron chi connectivity index (χ3n) is 11.8. The Kier molecular flexibility index (Phi) is 8.93. The van der Waals surface area contributed by atoms with Crippen molar-refractivity contribution in [3.05, 3.63) is 132 Å². The average molecular weight is 760 g/mol. The van der Waals surface area contributed by atoms with Crippen LogP contribution in [-0.2, 0) is 42.8 Å². The van der Waals surface area contributed by atoms with Crippen LogP contribution in [0.1, 0.15) is 49.0 Å². The smallest absolute Gasteiger partial charge is 0.347 e. The Hall–Kier alpha value is -6.44. The Morgan fingerprint density at radius 3 is 2.39 bits per heavy atom. The number of benzene rings is 3. The quantitative estimate of drug-likeness (QED) is 0.217. The van der Waals surface area contributed by atoms with Crippen LogP contribution in [0.4, 0.5) is 0 Å². The van der Waals surface area contributed by atoms with Gasteiger partial charge in [0.2, 0.25) is 0 Å². The summed E-state index contributed by atoms with van der Waals surface area (Å²) < 4.78 is 22.0. The van der Waals surface area contributed by atoms with Gasteiger partial charge in [-0.15, -0.1) is 0 Å². The van der Waals surface area contributed by atoms with E-state index in [9.17, 15) is 29.1 Å². The lowest BCUT2D eigenvalue weighted by Gasteiger charge is -2.52. The molecule has 1 aliphatic heterocycles. The summed E-state index contributed by atoms with van der Waals surface area (Å²) in [6, 6.07) is 17.0. The van der Waals surface area contributed by atoms with E-state index in [1.807, 2.05) is 36.4 Å². The zero-order valence-electron chi connectivity index (χ0n) is 31.6. The van der Waals surface area contributed by atoms with Crippen LogP contribution >= 0.6 is 0 Å². The Morgan fingerprint density at radius 1 is 0.946 bits per heavy atom. The zero-order valence-corrected chi connectivity index (χ0v) is 31.6. The van der Waals surface area contributed by atoms with Crippen LogP contribution in [0.2, 0.25) is 0 Å². The second-order valence-electron chi connectivity index (χ2n) is 14.8. The minimum atomic E-state index is -1.29. The highest BCUT2D eigenvalue weighted by Gasteiger charge is 2.59. The van der Waals surface area contributed by atoms with Gasteiger partial charge in [0.05, 0.1) is 43.3 Å². The molecule has 56 heavy (non-hydrogen) atoms. The van der Waals surface area contributed by atoms with E-state index in [4.69, 9.17) is 14.2 Å². The number of methoxy groups -OCH3 is 2. The van der Waals surface area contributed by atoms with Gasteiger partial charge in [0, 0.05) is 55.6 Å². The van der Waals surface area contributed by atoms with E-state index < -0.39 is 34.7 Å². The Balaban J connectivity index is 1.16. The van der Waals surface area contributed by atoms with E-state index in [1.54, 1.807) is 45.2 Å². The van der Waals surface area contributed by atoms with E-state index in [-0.39, 0.29) is 61.1 Å². The summed E-state index contributed by atoms with van der Waals surface area (Å²) >= 11 is 0. The average Bonchev–Trinajstić information content (AvgIpc) is 3.44. The fraction of sp³-hybridized carbons (Fsp3) is 0.333. The molecule has 0 bridgehead atoms. The number of aromatic hydroxyl groups is 1. The molecule has 3 aliphatic rings. The van der Waals surface area contributed by atoms with E-state index in [0.29, 0.717) is 45.0 Å². The van der Waals surface area contributed by atoms with E-state index in [0.717, 1.165) is 10.1 Å². The monoisotopic (exact) mass is 759 g/mol. The Bertz CT molecular complexity index is 2700. The van der Waals surface area contributed by atoms with Crippen molar-refractivity contribution in [1.29, 1.82) is 0 Å². The first-order valence-corrected chi connectivity index (χ1v) is 18.4. The molecule has 8 rings (SSSR count). The van der Waals surface area contributed by atoms with Crippen LogP contribution in [0.5, 0.6) is 23.0 Å². The number of carbonyl (C=O) groups excluding carboxylic acids is 2. The second kappa shape index (κ2) is 13.7. The minimum absolute atomic E-state index is 0.0117. The molecule has 0 radical (unpaired) electrons. The van der Waals surface area contributed by atoms with Crippen molar-refractivity contribution in [2.24, 2.45) is 18.4 Å². The Morgan fingerprint density at radius 2 is 1.68 bits per heavy atom. The molecular formula is C42H41N5O9. The van der Waals surface area contributed by atoms with Crippen LogP contribution in [0.25, 0.3) is 11.0 Å². The van der Waals surface area contributed by atoms with Gasteiger partial charge in [0.15, 0.2) is 23.1 Å². The van der Waals surface area contributed by atoms with E-state index >= 15 is 0 Å². The largest absolute Gasteiger partial charge is 0.508 e. The molecule has 14 heteroatoms. The first-order chi connectivity index (χ1) is 26.9. The van der Waals surface area contributed by atoms with Crippen LogP contribution in [0.3, 0.4) is 0 Å². The fourth-order valence-electron chi connectivity index (χ4n) is 8.81. The highest BCUT2D eigenvalue weighted by atomic mass is 16.5. The molecule has 0 unspecified atom stereocenters. The summed E-state index contributed by atoms with van der Waals surface area (Å²) in [5.74, 6) is -0.970. The van der Waals surface area contributed by atoms with Crippen molar-refractivity contribution < 1.29 is 28.9 Å². The van der Waals surface area contributed by atoms with Crippen LogP contribution in [0, 0.1) is 11.3 Å². The summed E-state index contributed by atoms with van der Waals surface area (Å²) in [6.07, 6.45) is 3.27. The molecule has 14 nitrogen and oxygen atoms in total. The molecule has 1 N–H and O–H groups in total. The number of nitrogens with zero attached hydrogens (tertiary/aromatic N) is 5. The van der Waals surface area contributed by atoms with E-state index in [1.165, 1.54) is 40.3 Å². The van der Waals surface area contributed by atoms with Crippen molar-refractivity contribution in [2.45, 2.75) is 58.3 Å². The minimum Gasteiger partial charge on any atom is -0.508 e. The number of phenols is 1. The second-order valence-corrected chi connectivity index (χ2v) is 14.8. The molecule has 1 fully saturated rings. The summed E-state index contributed by atoms with van der Waals surface area (Å²) in [6.45, 7) is 3.51. The number of rotatable bonds is 9. The van der Waals surface area contributed by atoms with Gasteiger partial charge in [-0.25, -0.2) is 28.5 Å². The molecule has 5 aromatic rings. The first kappa shape index (κ1) is 36.5. The lowest BCUT2D eigenvalue weighted by molar-refractivity contribution is -0.139. The SMILES string of the molecule is COc1cc2nc(CCn3c(=O)n4n(c3=O)[C@@H]3C[C@H]5C(=O)C(C)=CC(=O)[C@@]5(C)[C@@H](c5ccc(OCc6ccccc6)cc5O)C3=CC4)c(=O)n(C)c2cc1OC. The Labute approximate surface area is 320 Å². The summed E-state index contributed by atoms with van der Waals surface area (Å²) in [4.78, 5) is 74.3. The van der Waals surface area contributed by atoms with Crippen molar-refractivity contribution in [2.75, 3.05) is 14.2 Å². The number of allylic oxidation sites excluding steroid dienone is 4. The maximum absolute atomic E-state index is 14.3. The first-order valence-electron chi connectivity index (χ1n) is 18.4. The predicted octanol–water partition coefficient (Wildman–Crippen LogP) is 3.99. The molecule has 1 saturated carbocycles. The third-order valence-corrected chi connectivity index (χ3v) is 11.8. The summed E-state index contributed by atoms with van der Waals surface area (Å²) in [7, 11) is 4.60. The maximum atomic E-state index is 14.3. The van der Waals surface area contributed by atoms with Crippen molar-refractivity contribution in [3.63, 3.8) is 0 Å². The van der Waals surface area contributed by atoms with Crippen LogP contribution in [0.15, 0.2) is 98.3 Å². The van der Waals surface area contributed by atoms with E-state index in [2.05, 4.69) is 4.98 Å². The van der Waals surface area contributed by atoms with Crippen LogP contribution < -0.4 is 31.1 Å². The number of hydrogen-bond donors (Lipinski definition) is 1. The lowest BCUT2D eigenvalue weighted by Crippen LogP contribution is -2.54. The highest BCUT2D eigenvalue weighted by Crippen LogP contribution is 2.60. The number of aromatic nitrogens is 5. The molecule has 0 amide bonds. The topological polar surface area (TPSA) is 166 Å². The molecule has 288 valence electrons. The van der Waals surface area contributed by atoms with Gasteiger partial charge >= 0.3 is 11.4 Å². The number of ketones is 2. The molecule has 4 atom stereocenters. The number of ether oxygens (including phenoxy) is 3. The third kappa shape index (κ3) is 5.61. The van der Waals surface area contributed by atoms with Gasteiger partial charge in [-0.3, -0.25) is 14.4 Å². The van der Waals surface area contributed by atoms with Crippen molar-refractivity contribution in [1.82, 2.24) is 23.5 Å². The number of phenolic OH excluding ortho intramolecular Hbond substituents is 1. The van der Waals surface area contributed by atoms with Gasteiger partial charge in [-0.1, -0.05) is 49.4 Å². The molecule has 2 aromatic heterocycles. The highest BCUT2D eigenvalue weighted by molar-refractivity contribution is 6.13. The number of carbonyl (C=O) groups is 2. The summed E-state index contributed by atoms with van der Waals surface area (Å²) in [5, 5.41) is 11.6. The van der Waals surface area contributed by atoms with Gasteiger partial charge in [-0.05, 0) is 42.2 Å². The molecule has 2 aliphatic carbocycles. The van der Waals surface area contributed by atoms with Crippen LogP contribution in [-0.4, -0.2) is 54.4 Å². The number of hydrogen-bond acceptors (Lipinski definition) is 10. The standard InChI is InChI=1S/C42H41N5O9/c1-23-17-36(49)42(2)28(38(23)50)19-31-26(37(42)27-12-11-25(18-33(27)48)56-22-24-9-7-6-8-10-24)13-16-46-40(52)45(41(53)47(31)46)15-14-29-39(51)44(3)32-21-35(55-5)34(54-4)20-30(32)43-29/h6-13,17-18,20-21,28,31,37,48H,14-16,19,22H2,1-5H3/t28-,31+,37+,42-/m0/s1. The normalized spacial score (nSPS) is 21.5. The lowest BCUT2D eigenvalue weighted by atomic mass is 9.51. The van der Waals surface area contributed by atoms with Gasteiger partial charge in [0.25, 0.3) is 5.56 Å². The van der Waals surface area contributed by atoms with Gasteiger partial charge in [0.1, 0.15) is 23.8 Å². The summed E-state index contributed by atoms with van der Waals surface area (Å²) in [5.41, 5.74) is 0.598. The molecular weight excluding hydrogens is 718 g/mol. The fourth-order valence-corrected chi connectivity index (χ4v) is 8.81. The molecule has 3 heterocycles. The number of fused-ring (bicyclic) bond motifs is 5. The number of Topliss-reactive ketones (excluding diaryl/α,β-unsaturated/α-hetero) is 1. The maximum Gasteiger partial charge on any atom is 0.347 e. The van der Waals surface area contributed by atoms with Gasteiger partial charge in [-0.2, -0.15) is 0 Å².